The molecule has 1 atom stereocenters. The summed E-state index contributed by atoms with van der Waals surface area (Å²) in [6.45, 7) is 8.28. The number of rotatable bonds is 9. The number of carbonyl (C=O) groups is 1. The van der Waals surface area contributed by atoms with Crippen LogP contribution in [0.25, 0.3) is 22.2 Å². The van der Waals surface area contributed by atoms with Gasteiger partial charge >= 0.3 is 6.03 Å². The number of ether oxygens (including phenoxy) is 1. The first-order chi connectivity index (χ1) is 19.7. The van der Waals surface area contributed by atoms with Crippen molar-refractivity contribution in [3.05, 3.63) is 72.7 Å². The van der Waals surface area contributed by atoms with Crippen LogP contribution in [-0.2, 0) is 17.8 Å². The van der Waals surface area contributed by atoms with Gasteiger partial charge in [0, 0.05) is 75.4 Å². The molecule has 10 heteroatoms. The molecule has 2 amide bonds. The maximum atomic E-state index is 12.7. The number of pyridine rings is 2. The summed E-state index contributed by atoms with van der Waals surface area (Å²) in [5.41, 5.74) is 4.74. The van der Waals surface area contributed by atoms with Crippen LogP contribution in [0.2, 0.25) is 0 Å². The Kier molecular flexibility index (Phi) is 8.27. The fourth-order valence-corrected chi connectivity index (χ4v) is 5.42. The Morgan fingerprint density at radius 1 is 0.950 bits per heavy atom. The quantitative estimate of drug-likeness (QED) is 0.335. The number of nitrogens with zero attached hydrogens (tertiary/aromatic N) is 6. The van der Waals surface area contributed by atoms with Crippen molar-refractivity contribution in [1.82, 2.24) is 34.9 Å². The number of morpholine rings is 1. The number of likely N-dealkylation sites (tertiary alicyclic amines) is 1. The summed E-state index contributed by atoms with van der Waals surface area (Å²) in [6.07, 6.45) is 7.75. The first kappa shape index (κ1) is 26.4. The van der Waals surface area contributed by atoms with Crippen molar-refractivity contribution in [1.29, 1.82) is 0 Å². The van der Waals surface area contributed by atoms with Crippen LogP contribution in [-0.4, -0.2) is 87.6 Å². The van der Waals surface area contributed by atoms with Crippen molar-refractivity contribution >= 4 is 22.9 Å². The number of fused-ring (bicyclic) bond motifs is 1. The predicted molar refractivity (Wildman–Crippen MR) is 155 cm³/mol. The van der Waals surface area contributed by atoms with Gasteiger partial charge in [-0.15, -0.1) is 0 Å². The number of hydrogen-bond donors (Lipinski definition) is 2. The van der Waals surface area contributed by atoms with E-state index in [4.69, 9.17) is 4.74 Å². The van der Waals surface area contributed by atoms with E-state index in [2.05, 4.69) is 66.0 Å². The van der Waals surface area contributed by atoms with Gasteiger partial charge in [-0.05, 0) is 36.6 Å². The summed E-state index contributed by atoms with van der Waals surface area (Å²) < 4.78 is 7.41. The molecule has 2 saturated heterocycles. The molecular weight excluding hydrogens is 504 g/mol. The van der Waals surface area contributed by atoms with Gasteiger partial charge in [0.15, 0.2) is 0 Å². The zero-order valence-corrected chi connectivity index (χ0v) is 22.7. The number of carbonyl (C=O) groups excluding carboxylic acids is 1. The van der Waals surface area contributed by atoms with Gasteiger partial charge in [0.1, 0.15) is 5.82 Å². The molecule has 2 fully saturated rings. The highest BCUT2D eigenvalue weighted by atomic mass is 16.5. The molecule has 0 spiro atoms. The average molecular weight is 541 g/mol. The Balaban J connectivity index is 1.02. The molecule has 0 unspecified atom stereocenters. The molecule has 0 saturated carbocycles. The molecule has 208 valence electrons. The maximum Gasteiger partial charge on any atom is 0.320 e. The number of amides is 2. The van der Waals surface area contributed by atoms with Gasteiger partial charge in [0.05, 0.1) is 30.4 Å². The van der Waals surface area contributed by atoms with Crippen LogP contribution in [0.1, 0.15) is 18.4 Å². The van der Waals surface area contributed by atoms with Gasteiger partial charge in [-0.25, -0.2) is 9.78 Å². The molecule has 0 aliphatic carbocycles. The Bertz CT molecular complexity index is 1420. The van der Waals surface area contributed by atoms with Crippen molar-refractivity contribution in [2.75, 3.05) is 51.3 Å². The van der Waals surface area contributed by atoms with Crippen LogP contribution in [0.4, 0.5) is 10.6 Å². The van der Waals surface area contributed by atoms with Crippen LogP contribution in [0, 0.1) is 0 Å². The number of nitrogens with one attached hydrogen (secondary N) is 2. The third-order valence-corrected chi connectivity index (χ3v) is 7.57. The smallest absolute Gasteiger partial charge is 0.320 e. The standard InChI is InChI=1S/C30H36N8O2/c39-30(33-26-9-12-37(22-26)20-23-5-2-1-3-6-23)35-29-8-7-27-28(34-29)17-24(18-31-27)25-19-32-38(21-25)11-4-10-36-13-15-40-16-14-36/h1-3,5-8,17-19,21,26H,4,9-16,20,22H2,(H2,33,34,35,39)/t26-/m0/s1. The minimum Gasteiger partial charge on any atom is -0.379 e. The molecule has 6 rings (SSSR count). The van der Waals surface area contributed by atoms with Crippen molar-refractivity contribution < 1.29 is 9.53 Å². The van der Waals surface area contributed by atoms with Crippen molar-refractivity contribution in [3.63, 3.8) is 0 Å². The summed E-state index contributed by atoms with van der Waals surface area (Å²) in [5, 5.41) is 10.6. The molecule has 3 aromatic heterocycles. The highest BCUT2D eigenvalue weighted by Gasteiger charge is 2.24. The van der Waals surface area contributed by atoms with Crippen molar-refractivity contribution in [3.8, 4) is 11.1 Å². The minimum atomic E-state index is -0.235. The largest absolute Gasteiger partial charge is 0.379 e. The Hall–Kier alpha value is -3.86. The summed E-state index contributed by atoms with van der Waals surface area (Å²) >= 11 is 0. The second kappa shape index (κ2) is 12.5. The number of hydrogen-bond acceptors (Lipinski definition) is 7. The Morgan fingerprint density at radius 2 is 1.82 bits per heavy atom. The fourth-order valence-electron chi connectivity index (χ4n) is 5.42. The summed E-state index contributed by atoms with van der Waals surface area (Å²) in [4.78, 5) is 26.8. The average Bonchev–Trinajstić information content (AvgIpc) is 3.63. The zero-order valence-electron chi connectivity index (χ0n) is 22.7. The first-order valence-corrected chi connectivity index (χ1v) is 14.1. The highest BCUT2D eigenvalue weighted by molar-refractivity contribution is 5.90. The second-order valence-electron chi connectivity index (χ2n) is 10.6. The zero-order chi connectivity index (χ0) is 27.1. The molecule has 5 heterocycles. The molecule has 2 N–H and O–H groups in total. The van der Waals surface area contributed by atoms with E-state index in [1.165, 1.54) is 5.56 Å². The lowest BCUT2D eigenvalue weighted by Crippen LogP contribution is -2.39. The Labute approximate surface area is 234 Å². The summed E-state index contributed by atoms with van der Waals surface area (Å²) in [5.74, 6) is 0.502. The van der Waals surface area contributed by atoms with E-state index in [0.717, 1.165) is 94.0 Å². The lowest BCUT2D eigenvalue weighted by molar-refractivity contribution is 0.0368. The first-order valence-electron chi connectivity index (χ1n) is 14.1. The monoisotopic (exact) mass is 540 g/mol. The van der Waals surface area contributed by atoms with E-state index in [1.54, 1.807) is 6.07 Å². The molecule has 1 aromatic carbocycles. The van der Waals surface area contributed by atoms with Crippen LogP contribution in [0.5, 0.6) is 0 Å². The lowest BCUT2D eigenvalue weighted by Gasteiger charge is -2.26. The number of benzene rings is 1. The number of anilines is 1. The SMILES string of the molecule is O=C(Nc1ccc2ncc(-c3cnn(CCCN4CCOCC4)c3)cc2n1)N[C@H]1CCN(Cc2ccccc2)C1. The third kappa shape index (κ3) is 6.82. The van der Waals surface area contributed by atoms with Crippen LogP contribution < -0.4 is 10.6 Å². The minimum absolute atomic E-state index is 0.114. The van der Waals surface area contributed by atoms with E-state index in [1.807, 2.05) is 35.3 Å². The maximum absolute atomic E-state index is 12.7. The molecule has 2 aliphatic rings. The third-order valence-electron chi connectivity index (χ3n) is 7.57. The normalized spacial score (nSPS) is 18.2. The van der Waals surface area contributed by atoms with Crippen LogP contribution >= 0.6 is 0 Å². The number of urea groups is 1. The van der Waals surface area contributed by atoms with E-state index < -0.39 is 0 Å². The molecule has 0 bridgehead atoms. The molecule has 10 nitrogen and oxygen atoms in total. The van der Waals surface area contributed by atoms with Gasteiger partial charge in [0.25, 0.3) is 0 Å². The van der Waals surface area contributed by atoms with Gasteiger partial charge in [-0.3, -0.25) is 24.8 Å². The van der Waals surface area contributed by atoms with Crippen molar-refractivity contribution in [2.45, 2.75) is 32.0 Å². The summed E-state index contributed by atoms with van der Waals surface area (Å²) in [7, 11) is 0. The van der Waals surface area contributed by atoms with Gasteiger partial charge in [-0.2, -0.15) is 5.10 Å². The van der Waals surface area contributed by atoms with E-state index >= 15 is 0 Å². The molecule has 40 heavy (non-hydrogen) atoms. The lowest BCUT2D eigenvalue weighted by atomic mass is 10.1. The molecular formula is C30H36N8O2. The van der Waals surface area contributed by atoms with E-state index in [9.17, 15) is 4.79 Å². The van der Waals surface area contributed by atoms with E-state index in [-0.39, 0.29) is 12.1 Å². The van der Waals surface area contributed by atoms with Crippen LogP contribution in [0.15, 0.2) is 67.1 Å². The molecule has 2 aliphatic heterocycles. The van der Waals surface area contributed by atoms with Crippen LogP contribution in [0.3, 0.4) is 0 Å². The molecule has 4 aromatic rings. The highest BCUT2D eigenvalue weighted by Crippen LogP contribution is 2.23. The number of aryl methyl sites for hydroxylation is 1. The molecule has 0 radical (unpaired) electrons. The van der Waals surface area contributed by atoms with Gasteiger partial charge < -0.3 is 10.1 Å². The van der Waals surface area contributed by atoms with Crippen molar-refractivity contribution in [2.24, 2.45) is 0 Å². The summed E-state index contributed by atoms with van der Waals surface area (Å²) in [6, 6.07) is 16.0. The number of aromatic nitrogens is 4. The second-order valence-corrected chi connectivity index (χ2v) is 10.6. The fraction of sp³-hybridized carbons (Fsp3) is 0.400. The van der Waals surface area contributed by atoms with Gasteiger partial charge in [0.2, 0.25) is 0 Å². The van der Waals surface area contributed by atoms with E-state index in [0.29, 0.717) is 5.82 Å². The topological polar surface area (TPSA) is 100 Å². The predicted octanol–water partition coefficient (Wildman–Crippen LogP) is 3.61. The van der Waals surface area contributed by atoms with Gasteiger partial charge in [-0.1, -0.05) is 30.3 Å². The Morgan fingerprint density at radius 3 is 2.70 bits per heavy atom.